The van der Waals surface area contributed by atoms with Crippen molar-refractivity contribution >= 4 is 17.7 Å². The molecule has 0 aliphatic carbocycles. The molecule has 7 nitrogen and oxygen atoms in total. The van der Waals surface area contributed by atoms with Crippen molar-refractivity contribution in [2.45, 2.75) is 38.5 Å². The zero-order valence-electron chi connectivity index (χ0n) is 15.2. The molecule has 0 aromatic heterocycles. The molecule has 7 heteroatoms. The first-order valence-corrected chi connectivity index (χ1v) is 9.02. The number of nitrogens with one attached hydrogen (secondary N) is 1. The zero-order valence-corrected chi connectivity index (χ0v) is 15.2. The molecular weight excluding hydrogens is 334 g/mol. The lowest BCUT2D eigenvalue weighted by molar-refractivity contribution is -0.171. The zero-order chi connectivity index (χ0) is 18.7. The second-order valence-corrected chi connectivity index (χ2v) is 6.91. The molecule has 1 aromatic rings. The monoisotopic (exact) mass is 359 g/mol. The van der Waals surface area contributed by atoms with Crippen LogP contribution in [0.25, 0.3) is 0 Å². The minimum Gasteiger partial charge on any atom is -0.356 e. The lowest BCUT2D eigenvalue weighted by Crippen LogP contribution is -2.57. The Morgan fingerprint density at radius 2 is 1.92 bits per heavy atom. The van der Waals surface area contributed by atoms with Crippen LogP contribution >= 0.6 is 0 Å². The highest BCUT2D eigenvalue weighted by Crippen LogP contribution is 2.33. The van der Waals surface area contributed by atoms with Gasteiger partial charge in [-0.1, -0.05) is 30.3 Å². The molecule has 0 spiro atoms. The molecule has 2 aliphatic rings. The first-order chi connectivity index (χ1) is 12.5. The van der Waals surface area contributed by atoms with Gasteiger partial charge in [0.2, 0.25) is 11.8 Å². The summed E-state index contributed by atoms with van der Waals surface area (Å²) in [5, 5.41) is 2.77. The third kappa shape index (κ3) is 3.72. The predicted molar refractivity (Wildman–Crippen MR) is 95.1 cm³/mol. The van der Waals surface area contributed by atoms with Gasteiger partial charge in [-0.3, -0.25) is 14.4 Å². The maximum absolute atomic E-state index is 13.2. The molecule has 0 saturated carbocycles. The fourth-order valence-electron chi connectivity index (χ4n) is 3.60. The molecule has 140 valence electrons. The maximum Gasteiger partial charge on any atom is 0.254 e. The van der Waals surface area contributed by atoms with Gasteiger partial charge in [-0.05, 0) is 19.4 Å². The van der Waals surface area contributed by atoms with Crippen molar-refractivity contribution in [3.63, 3.8) is 0 Å². The van der Waals surface area contributed by atoms with Crippen LogP contribution < -0.4 is 5.32 Å². The van der Waals surface area contributed by atoms with E-state index in [-0.39, 0.29) is 36.8 Å². The number of benzene rings is 1. The van der Waals surface area contributed by atoms with E-state index < -0.39 is 12.1 Å². The number of amides is 3. The summed E-state index contributed by atoms with van der Waals surface area (Å²) >= 11 is 0. The maximum atomic E-state index is 13.2. The van der Waals surface area contributed by atoms with Crippen LogP contribution in [0.4, 0.5) is 0 Å². The average Bonchev–Trinajstić information content (AvgIpc) is 2.86. The van der Waals surface area contributed by atoms with Gasteiger partial charge in [0.25, 0.3) is 5.91 Å². The van der Waals surface area contributed by atoms with Gasteiger partial charge in [0, 0.05) is 32.1 Å². The molecule has 0 bridgehead atoms. The molecule has 2 saturated heterocycles. The number of ether oxygens (including phenoxy) is 1. The summed E-state index contributed by atoms with van der Waals surface area (Å²) < 4.78 is 5.73. The molecule has 26 heavy (non-hydrogen) atoms. The highest BCUT2D eigenvalue weighted by molar-refractivity contribution is 5.87. The van der Waals surface area contributed by atoms with E-state index in [1.165, 1.54) is 0 Å². The summed E-state index contributed by atoms with van der Waals surface area (Å²) in [4.78, 5) is 40.6. The van der Waals surface area contributed by atoms with Gasteiger partial charge in [0.05, 0.1) is 6.04 Å². The molecular formula is C19H25N3O4. The van der Waals surface area contributed by atoms with Gasteiger partial charge in [0.1, 0.15) is 6.61 Å². The first-order valence-electron chi connectivity index (χ1n) is 9.02. The second-order valence-electron chi connectivity index (χ2n) is 6.91. The van der Waals surface area contributed by atoms with E-state index in [2.05, 4.69) is 5.32 Å². The quantitative estimate of drug-likeness (QED) is 0.862. The number of hydrogen-bond acceptors (Lipinski definition) is 4. The Kier molecular flexibility index (Phi) is 5.56. The summed E-state index contributed by atoms with van der Waals surface area (Å²) in [6, 6.07) is 8.98. The molecule has 2 unspecified atom stereocenters. The number of morpholine rings is 1. The van der Waals surface area contributed by atoms with Gasteiger partial charge in [-0.15, -0.1) is 0 Å². The van der Waals surface area contributed by atoms with Crippen LogP contribution in [0.3, 0.4) is 0 Å². The number of rotatable bonds is 3. The summed E-state index contributed by atoms with van der Waals surface area (Å²) in [7, 11) is 0. The molecule has 1 aromatic carbocycles. The van der Waals surface area contributed by atoms with Crippen molar-refractivity contribution in [2.75, 3.05) is 26.2 Å². The number of nitrogens with zero attached hydrogens (tertiary/aromatic N) is 2. The van der Waals surface area contributed by atoms with Crippen molar-refractivity contribution < 1.29 is 19.1 Å². The van der Waals surface area contributed by atoms with Crippen LogP contribution in [0.15, 0.2) is 30.3 Å². The Labute approximate surface area is 153 Å². The normalized spacial score (nSPS) is 24.4. The van der Waals surface area contributed by atoms with E-state index in [1.807, 2.05) is 44.2 Å². The van der Waals surface area contributed by atoms with E-state index in [9.17, 15) is 14.4 Å². The Morgan fingerprint density at radius 3 is 2.62 bits per heavy atom. The second kappa shape index (κ2) is 7.86. The Hall–Kier alpha value is -2.41. The van der Waals surface area contributed by atoms with Gasteiger partial charge in [-0.25, -0.2) is 0 Å². The van der Waals surface area contributed by atoms with Crippen molar-refractivity contribution in [3.05, 3.63) is 35.9 Å². The van der Waals surface area contributed by atoms with Crippen LogP contribution in [0.5, 0.6) is 0 Å². The van der Waals surface area contributed by atoms with Gasteiger partial charge in [-0.2, -0.15) is 0 Å². The summed E-state index contributed by atoms with van der Waals surface area (Å²) in [5.41, 5.74) is 0.872. The smallest absolute Gasteiger partial charge is 0.254 e. The van der Waals surface area contributed by atoms with E-state index in [1.54, 1.807) is 9.80 Å². The molecule has 3 rings (SSSR count). The van der Waals surface area contributed by atoms with Crippen LogP contribution in [0.1, 0.15) is 31.9 Å². The van der Waals surface area contributed by atoms with E-state index in [0.717, 1.165) is 5.56 Å². The molecule has 2 aliphatic heterocycles. The van der Waals surface area contributed by atoms with Crippen molar-refractivity contribution in [1.29, 1.82) is 0 Å². The predicted octanol–water partition coefficient (Wildman–Crippen LogP) is 0.712. The number of hydrogen-bond donors (Lipinski definition) is 1. The number of carbonyl (C=O) groups is 3. The van der Waals surface area contributed by atoms with Crippen molar-refractivity contribution in [2.24, 2.45) is 0 Å². The average molecular weight is 359 g/mol. The third-order valence-corrected chi connectivity index (χ3v) is 4.83. The van der Waals surface area contributed by atoms with E-state index >= 15 is 0 Å². The van der Waals surface area contributed by atoms with Gasteiger partial charge >= 0.3 is 0 Å². The summed E-state index contributed by atoms with van der Waals surface area (Å²) in [5.74, 6) is -0.345. The first kappa shape index (κ1) is 18.4. The molecule has 2 fully saturated rings. The van der Waals surface area contributed by atoms with Crippen LogP contribution in [-0.4, -0.2) is 65.9 Å². The highest BCUT2D eigenvalue weighted by Gasteiger charge is 2.44. The van der Waals surface area contributed by atoms with Crippen LogP contribution in [0.2, 0.25) is 0 Å². The van der Waals surface area contributed by atoms with Gasteiger partial charge in [0.15, 0.2) is 6.10 Å². The molecule has 2 heterocycles. The molecule has 3 amide bonds. The molecule has 2 atom stereocenters. The topological polar surface area (TPSA) is 79.0 Å². The van der Waals surface area contributed by atoms with E-state index in [4.69, 9.17) is 4.74 Å². The minimum atomic E-state index is -0.772. The fourth-order valence-corrected chi connectivity index (χ4v) is 3.60. The lowest BCUT2D eigenvalue weighted by Gasteiger charge is -2.44. The molecule has 0 radical (unpaired) electrons. The highest BCUT2D eigenvalue weighted by atomic mass is 16.5. The van der Waals surface area contributed by atoms with Crippen molar-refractivity contribution in [1.82, 2.24) is 15.1 Å². The summed E-state index contributed by atoms with van der Waals surface area (Å²) in [6.45, 7) is 5.01. The van der Waals surface area contributed by atoms with Crippen LogP contribution in [0, 0.1) is 0 Å². The SMILES string of the molecule is CC(C)N1C(=O)COC(C(=O)N2CCNC(=O)CC2)C1c1ccccc1. The van der Waals surface area contributed by atoms with E-state index in [0.29, 0.717) is 19.6 Å². The van der Waals surface area contributed by atoms with Gasteiger partial charge < -0.3 is 19.9 Å². The van der Waals surface area contributed by atoms with Crippen molar-refractivity contribution in [3.8, 4) is 0 Å². The fraction of sp³-hybridized carbons (Fsp3) is 0.526. The Morgan fingerprint density at radius 1 is 1.19 bits per heavy atom. The number of carbonyl (C=O) groups excluding carboxylic acids is 3. The Balaban J connectivity index is 1.91. The summed E-state index contributed by atoms with van der Waals surface area (Å²) in [6.07, 6.45) is -0.493. The lowest BCUT2D eigenvalue weighted by atomic mass is 9.95. The largest absolute Gasteiger partial charge is 0.356 e. The van der Waals surface area contributed by atoms with Crippen LogP contribution in [-0.2, 0) is 19.1 Å². The third-order valence-electron chi connectivity index (χ3n) is 4.83. The Bertz CT molecular complexity index is 677. The molecule has 1 N–H and O–H groups in total. The standard InChI is InChI=1S/C19H25N3O4/c1-13(2)22-16(24)12-26-18(17(22)14-6-4-3-5-7-14)19(25)21-10-8-15(23)20-9-11-21/h3-7,13,17-18H,8-12H2,1-2H3,(H,20,23). The minimum absolute atomic E-state index is 0.0524.